The van der Waals surface area contributed by atoms with E-state index in [0.29, 0.717) is 22.4 Å². The van der Waals surface area contributed by atoms with Gasteiger partial charge in [-0.2, -0.15) is 0 Å². The summed E-state index contributed by atoms with van der Waals surface area (Å²) in [6, 6.07) is 7.56. The predicted molar refractivity (Wildman–Crippen MR) is 87.1 cm³/mol. The molecular weight excluding hydrogens is 297 g/mol. The Morgan fingerprint density at radius 3 is 2.61 bits per heavy atom. The number of anilines is 1. The van der Waals surface area contributed by atoms with Crippen molar-refractivity contribution < 1.29 is 9.18 Å². The van der Waals surface area contributed by atoms with Crippen LogP contribution in [-0.2, 0) is 4.79 Å². The maximum absolute atomic E-state index is 13.1. The highest BCUT2D eigenvalue weighted by Crippen LogP contribution is 2.28. The molecule has 1 amide bonds. The number of allylic oxidation sites excluding steroid dienone is 2. The second-order valence-electron chi connectivity index (χ2n) is 4.66. The first-order valence-electron chi connectivity index (χ1n) is 6.74. The third-order valence-electron chi connectivity index (χ3n) is 2.96. The molecule has 4 N–H and O–H groups in total. The number of nitrogens with two attached hydrogens (primary N) is 1. The Balaban J connectivity index is 2.39. The topological polar surface area (TPSA) is 92.9 Å². The molecule has 0 spiro atoms. The van der Waals surface area contributed by atoms with Crippen molar-refractivity contribution in [1.29, 1.82) is 0 Å². The van der Waals surface area contributed by atoms with Crippen LogP contribution in [0, 0.1) is 5.82 Å². The highest BCUT2D eigenvalue weighted by atomic mass is 19.1. The second-order valence-corrected chi connectivity index (χ2v) is 4.66. The molecule has 1 heterocycles. The van der Waals surface area contributed by atoms with Gasteiger partial charge in [-0.25, -0.2) is 14.4 Å². The zero-order valence-corrected chi connectivity index (χ0v) is 12.5. The van der Waals surface area contributed by atoms with E-state index >= 15 is 0 Å². The molecule has 0 fully saturated rings. The molecular formula is C16H16FN5O. The SMILES string of the molecule is C=C(/C(=C\NN)c1ccnc(NC(C)=O)n1)c1ccc(F)cc1. The van der Waals surface area contributed by atoms with Crippen molar-refractivity contribution >= 4 is 23.0 Å². The lowest BCUT2D eigenvalue weighted by Gasteiger charge is -2.12. The van der Waals surface area contributed by atoms with Crippen molar-refractivity contribution in [3.05, 3.63) is 66.4 Å². The van der Waals surface area contributed by atoms with Crippen LogP contribution >= 0.6 is 0 Å². The largest absolute Gasteiger partial charge is 0.331 e. The fourth-order valence-electron chi connectivity index (χ4n) is 1.93. The Morgan fingerprint density at radius 1 is 1.30 bits per heavy atom. The van der Waals surface area contributed by atoms with Crippen molar-refractivity contribution in [1.82, 2.24) is 15.4 Å². The normalized spacial score (nSPS) is 11.0. The van der Waals surface area contributed by atoms with Gasteiger partial charge in [0.2, 0.25) is 11.9 Å². The van der Waals surface area contributed by atoms with Gasteiger partial charge in [0.15, 0.2) is 0 Å². The highest BCUT2D eigenvalue weighted by Gasteiger charge is 2.12. The lowest BCUT2D eigenvalue weighted by atomic mass is 9.97. The summed E-state index contributed by atoms with van der Waals surface area (Å²) in [7, 11) is 0. The third kappa shape index (κ3) is 4.21. The number of carbonyl (C=O) groups excluding carboxylic acids is 1. The molecule has 1 aromatic carbocycles. The number of halogens is 1. The molecule has 0 saturated carbocycles. The average molecular weight is 313 g/mol. The second kappa shape index (κ2) is 7.28. The Kier molecular flexibility index (Phi) is 5.16. The van der Waals surface area contributed by atoms with Gasteiger partial charge < -0.3 is 5.43 Å². The minimum Gasteiger partial charge on any atom is -0.331 e. The lowest BCUT2D eigenvalue weighted by molar-refractivity contribution is -0.114. The van der Waals surface area contributed by atoms with Crippen LogP contribution in [0.25, 0.3) is 11.1 Å². The van der Waals surface area contributed by atoms with Gasteiger partial charge in [-0.15, -0.1) is 0 Å². The Labute approximate surface area is 132 Å². The zero-order valence-electron chi connectivity index (χ0n) is 12.5. The van der Waals surface area contributed by atoms with E-state index in [-0.39, 0.29) is 17.7 Å². The van der Waals surface area contributed by atoms with Crippen molar-refractivity contribution in [3.63, 3.8) is 0 Å². The standard InChI is InChI=1S/C16H16FN5O/c1-10(12-3-5-13(17)6-4-12)14(9-20-18)15-7-8-19-16(22-15)21-11(2)23/h3-9,20H,1,18H2,2H3,(H,19,21,22,23)/b14-9+. The fourth-order valence-corrected chi connectivity index (χ4v) is 1.93. The molecule has 118 valence electrons. The number of aromatic nitrogens is 2. The van der Waals surface area contributed by atoms with Crippen LogP contribution in [0.15, 0.2) is 49.3 Å². The van der Waals surface area contributed by atoms with Gasteiger partial charge in [-0.1, -0.05) is 18.7 Å². The molecule has 6 nitrogen and oxygen atoms in total. The highest BCUT2D eigenvalue weighted by molar-refractivity contribution is 6.03. The summed E-state index contributed by atoms with van der Waals surface area (Å²) in [5.74, 6) is 4.95. The van der Waals surface area contributed by atoms with Crippen LogP contribution in [0.4, 0.5) is 10.3 Å². The number of rotatable bonds is 5. The van der Waals surface area contributed by atoms with Crippen molar-refractivity contribution in [2.45, 2.75) is 6.92 Å². The van der Waals surface area contributed by atoms with Gasteiger partial charge >= 0.3 is 0 Å². The van der Waals surface area contributed by atoms with Crippen LogP contribution < -0.4 is 16.6 Å². The van der Waals surface area contributed by atoms with Gasteiger partial charge in [0.25, 0.3) is 0 Å². The van der Waals surface area contributed by atoms with Crippen LogP contribution in [-0.4, -0.2) is 15.9 Å². The first-order valence-corrected chi connectivity index (χ1v) is 6.74. The van der Waals surface area contributed by atoms with Gasteiger partial charge in [-0.05, 0) is 29.3 Å². The first-order chi connectivity index (χ1) is 11.0. The molecule has 0 aliphatic rings. The number of benzene rings is 1. The summed E-state index contributed by atoms with van der Waals surface area (Å²) in [6.07, 6.45) is 3.03. The molecule has 0 unspecified atom stereocenters. The number of carbonyl (C=O) groups is 1. The van der Waals surface area contributed by atoms with Crippen molar-refractivity contribution in [2.24, 2.45) is 5.84 Å². The Hall–Kier alpha value is -3.06. The molecule has 0 atom stereocenters. The van der Waals surface area contributed by atoms with E-state index in [2.05, 4.69) is 27.3 Å². The zero-order chi connectivity index (χ0) is 16.8. The van der Waals surface area contributed by atoms with E-state index in [9.17, 15) is 9.18 Å². The van der Waals surface area contributed by atoms with Crippen molar-refractivity contribution in [3.8, 4) is 0 Å². The van der Waals surface area contributed by atoms with Gasteiger partial charge in [-0.3, -0.25) is 16.0 Å². The summed E-state index contributed by atoms with van der Waals surface area (Å²) in [4.78, 5) is 19.3. The molecule has 0 saturated heterocycles. The van der Waals surface area contributed by atoms with E-state index in [0.717, 1.165) is 0 Å². The van der Waals surface area contributed by atoms with E-state index in [4.69, 9.17) is 5.84 Å². The lowest BCUT2D eigenvalue weighted by Crippen LogP contribution is -2.15. The molecule has 0 aliphatic carbocycles. The third-order valence-corrected chi connectivity index (χ3v) is 2.96. The molecule has 1 aromatic heterocycles. The van der Waals surface area contributed by atoms with Crippen molar-refractivity contribution in [2.75, 3.05) is 5.32 Å². The van der Waals surface area contributed by atoms with Crippen LogP contribution in [0.3, 0.4) is 0 Å². The van der Waals surface area contributed by atoms with E-state index < -0.39 is 0 Å². The minimum absolute atomic E-state index is 0.171. The predicted octanol–water partition coefficient (Wildman–Crippen LogP) is 2.09. The summed E-state index contributed by atoms with van der Waals surface area (Å²) < 4.78 is 13.1. The monoisotopic (exact) mass is 313 g/mol. The molecule has 0 bridgehead atoms. The number of hydrogen-bond donors (Lipinski definition) is 3. The average Bonchev–Trinajstić information content (AvgIpc) is 2.52. The Bertz CT molecular complexity index is 755. The summed E-state index contributed by atoms with van der Waals surface area (Å²) in [5.41, 5.74) is 4.85. The number of nitrogens with zero attached hydrogens (tertiary/aromatic N) is 2. The summed E-state index contributed by atoms with van der Waals surface area (Å²) in [5, 5.41) is 2.51. The number of hydrogen-bond acceptors (Lipinski definition) is 5. The quantitative estimate of drug-likeness (QED) is 0.446. The molecule has 23 heavy (non-hydrogen) atoms. The molecule has 7 heteroatoms. The maximum Gasteiger partial charge on any atom is 0.229 e. The van der Waals surface area contributed by atoms with Crippen LogP contribution in [0.1, 0.15) is 18.2 Å². The van der Waals surface area contributed by atoms with Gasteiger partial charge in [0, 0.05) is 24.9 Å². The summed E-state index contributed by atoms with van der Waals surface area (Å²) in [6.45, 7) is 5.37. The number of amides is 1. The maximum atomic E-state index is 13.1. The molecule has 0 radical (unpaired) electrons. The van der Waals surface area contributed by atoms with E-state index in [1.54, 1.807) is 18.2 Å². The van der Waals surface area contributed by atoms with Crippen LogP contribution in [0.2, 0.25) is 0 Å². The van der Waals surface area contributed by atoms with Gasteiger partial charge in [0.05, 0.1) is 5.69 Å². The summed E-state index contributed by atoms with van der Waals surface area (Å²) >= 11 is 0. The number of hydrazine groups is 1. The number of nitrogens with one attached hydrogen (secondary N) is 2. The van der Waals surface area contributed by atoms with Gasteiger partial charge in [0.1, 0.15) is 5.82 Å². The minimum atomic E-state index is -0.334. The fraction of sp³-hybridized carbons (Fsp3) is 0.0625. The van der Waals surface area contributed by atoms with Crippen LogP contribution in [0.5, 0.6) is 0 Å². The molecule has 2 aromatic rings. The smallest absolute Gasteiger partial charge is 0.229 e. The van der Waals surface area contributed by atoms with E-state index in [1.165, 1.54) is 31.5 Å². The molecule has 0 aliphatic heterocycles. The Morgan fingerprint density at radius 2 is 2.00 bits per heavy atom. The van der Waals surface area contributed by atoms with E-state index in [1.807, 2.05) is 0 Å². The molecule has 2 rings (SSSR count). The first kappa shape index (κ1) is 16.3.